The maximum Gasteiger partial charge on any atom is 0.338 e. The van der Waals surface area contributed by atoms with Crippen LogP contribution in [0.2, 0.25) is 0 Å². The lowest BCUT2D eigenvalue weighted by Crippen LogP contribution is -2.21. The van der Waals surface area contributed by atoms with Gasteiger partial charge in [0.05, 0.1) is 11.7 Å². The highest BCUT2D eigenvalue weighted by Gasteiger charge is 2.19. The van der Waals surface area contributed by atoms with E-state index in [2.05, 4.69) is 0 Å². The van der Waals surface area contributed by atoms with Gasteiger partial charge in [0.2, 0.25) is 0 Å². The molecule has 120 valence electrons. The summed E-state index contributed by atoms with van der Waals surface area (Å²) in [6.07, 6.45) is 7.94. The van der Waals surface area contributed by atoms with Crippen LogP contribution in [0.15, 0.2) is 24.3 Å². The van der Waals surface area contributed by atoms with E-state index in [1.165, 1.54) is 6.42 Å². The summed E-state index contributed by atoms with van der Waals surface area (Å²) in [4.78, 5) is 12.2. The molecule has 2 fully saturated rings. The fraction of sp³-hybridized carbons (Fsp3) is 0.611. The number of esters is 1. The van der Waals surface area contributed by atoms with Gasteiger partial charge >= 0.3 is 5.97 Å². The Kier molecular flexibility index (Phi) is 5.33. The summed E-state index contributed by atoms with van der Waals surface area (Å²) in [5, 5.41) is 0. The first kappa shape index (κ1) is 15.3. The zero-order valence-corrected chi connectivity index (χ0v) is 13.0. The van der Waals surface area contributed by atoms with E-state index in [9.17, 15) is 4.79 Å². The molecule has 4 nitrogen and oxygen atoms in total. The van der Waals surface area contributed by atoms with E-state index in [-0.39, 0.29) is 18.2 Å². The third-order valence-corrected chi connectivity index (χ3v) is 4.36. The summed E-state index contributed by atoms with van der Waals surface area (Å²) in [5.41, 5.74) is 0.565. The second-order valence-corrected chi connectivity index (χ2v) is 6.14. The molecule has 1 aromatic carbocycles. The van der Waals surface area contributed by atoms with E-state index in [1.54, 1.807) is 12.1 Å². The van der Waals surface area contributed by atoms with E-state index in [0.29, 0.717) is 17.9 Å². The lowest BCUT2D eigenvalue weighted by molar-refractivity contribution is 0.0210. The summed E-state index contributed by atoms with van der Waals surface area (Å²) in [6.45, 7) is 1.36. The molecule has 0 bridgehead atoms. The Balaban J connectivity index is 1.53. The number of hydrogen-bond acceptors (Lipinski definition) is 4. The molecule has 1 aromatic rings. The van der Waals surface area contributed by atoms with Crippen LogP contribution in [0.3, 0.4) is 0 Å². The Hall–Kier alpha value is -1.55. The van der Waals surface area contributed by atoms with Gasteiger partial charge in [-0.15, -0.1) is 0 Å². The topological polar surface area (TPSA) is 44.8 Å². The number of carbonyl (C=O) groups excluding carboxylic acids is 1. The molecule has 2 aliphatic rings. The van der Waals surface area contributed by atoms with Gasteiger partial charge in [0.1, 0.15) is 18.5 Å². The molecule has 0 radical (unpaired) electrons. The van der Waals surface area contributed by atoms with Gasteiger partial charge in [-0.25, -0.2) is 4.79 Å². The van der Waals surface area contributed by atoms with Crippen LogP contribution in [0.25, 0.3) is 0 Å². The monoisotopic (exact) mass is 304 g/mol. The second kappa shape index (κ2) is 7.63. The smallest absolute Gasteiger partial charge is 0.338 e. The zero-order chi connectivity index (χ0) is 15.2. The molecule has 0 aromatic heterocycles. The summed E-state index contributed by atoms with van der Waals surface area (Å²) in [6, 6.07) is 7.25. The van der Waals surface area contributed by atoms with Crippen LogP contribution in [0, 0.1) is 0 Å². The largest absolute Gasteiger partial charge is 0.491 e. The van der Waals surface area contributed by atoms with E-state index >= 15 is 0 Å². The average Bonchev–Trinajstić information content (AvgIpc) is 3.08. The number of benzene rings is 1. The molecule has 0 N–H and O–H groups in total. The summed E-state index contributed by atoms with van der Waals surface area (Å²) in [5.74, 6) is 0.461. The number of hydrogen-bond donors (Lipinski definition) is 0. The van der Waals surface area contributed by atoms with Gasteiger partial charge in [0.25, 0.3) is 0 Å². The van der Waals surface area contributed by atoms with Crippen LogP contribution in [0.4, 0.5) is 0 Å². The number of rotatable bonds is 5. The quantitative estimate of drug-likeness (QED) is 0.777. The van der Waals surface area contributed by atoms with Gasteiger partial charge in [0, 0.05) is 6.61 Å². The van der Waals surface area contributed by atoms with Crippen molar-refractivity contribution in [2.45, 2.75) is 57.2 Å². The van der Waals surface area contributed by atoms with Gasteiger partial charge in [-0.2, -0.15) is 0 Å². The fourth-order valence-corrected chi connectivity index (χ4v) is 3.08. The van der Waals surface area contributed by atoms with Crippen molar-refractivity contribution >= 4 is 5.97 Å². The molecular weight excluding hydrogens is 280 g/mol. The van der Waals surface area contributed by atoms with Crippen LogP contribution >= 0.6 is 0 Å². The third-order valence-electron chi connectivity index (χ3n) is 4.36. The van der Waals surface area contributed by atoms with Crippen LogP contribution < -0.4 is 4.74 Å². The van der Waals surface area contributed by atoms with Crippen LogP contribution in [-0.2, 0) is 9.47 Å². The minimum Gasteiger partial charge on any atom is -0.491 e. The maximum atomic E-state index is 12.2. The summed E-state index contributed by atoms with van der Waals surface area (Å²) >= 11 is 0. The van der Waals surface area contributed by atoms with Crippen molar-refractivity contribution in [2.75, 3.05) is 13.2 Å². The summed E-state index contributed by atoms with van der Waals surface area (Å²) < 4.78 is 16.9. The Morgan fingerprint density at radius 1 is 1.14 bits per heavy atom. The molecule has 1 atom stereocenters. The van der Waals surface area contributed by atoms with Crippen molar-refractivity contribution in [3.63, 3.8) is 0 Å². The third kappa shape index (κ3) is 4.23. The molecule has 0 spiro atoms. The van der Waals surface area contributed by atoms with Crippen molar-refractivity contribution in [3.05, 3.63) is 29.8 Å². The minimum atomic E-state index is -0.241. The molecule has 1 aliphatic heterocycles. The Morgan fingerprint density at radius 3 is 2.77 bits per heavy atom. The number of carbonyl (C=O) groups is 1. The molecule has 1 heterocycles. The lowest BCUT2D eigenvalue weighted by Gasteiger charge is -2.21. The van der Waals surface area contributed by atoms with Gasteiger partial charge < -0.3 is 14.2 Å². The number of ether oxygens (including phenoxy) is 3. The van der Waals surface area contributed by atoms with Crippen molar-refractivity contribution in [1.82, 2.24) is 0 Å². The highest BCUT2D eigenvalue weighted by atomic mass is 16.5. The molecule has 4 heteroatoms. The minimum absolute atomic E-state index is 0.0812. The fourth-order valence-electron chi connectivity index (χ4n) is 3.08. The van der Waals surface area contributed by atoms with Crippen molar-refractivity contribution in [1.29, 1.82) is 0 Å². The van der Waals surface area contributed by atoms with Gasteiger partial charge in [-0.1, -0.05) is 12.5 Å². The van der Waals surface area contributed by atoms with Gasteiger partial charge in [-0.3, -0.25) is 0 Å². The molecule has 1 saturated heterocycles. The molecule has 0 amide bonds. The predicted octanol–water partition coefficient (Wildman–Crippen LogP) is 3.73. The lowest BCUT2D eigenvalue weighted by atomic mass is 9.98. The standard InChI is InChI=1S/C18H24O4/c19-18(22-15-7-2-1-3-8-15)14-6-4-9-16(12-14)21-13-17-10-5-11-20-17/h4,6,9,12,15,17H,1-3,5,7-8,10-11,13H2. The summed E-state index contributed by atoms with van der Waals surface area (Å²) in [7, 11) is 0. The first-order valence-corrected chi connectivity index (χ1v) is 8.37. The van der Waals surface area contributed by atoms with Crippen molar-refractivity contribution < 1.29 is 19.0 Å². The molecular formula is C18H24O4. The molecule has 1 saturated carbocycles. The average molecular weight is 304 g/mol. The van der Waals surface area contributed by atoms with E-state index in [0.717, 1.165) is 45.1 Å². The van der Waals surface area contributed by atoms with Crippen molar-refractivity contribution in [2.24, 2.45) is 0 Å². The first-order valence-electron chi connectivity index (χ1n) is 8.37. The molecule has 3 rings (SSSR count). The SMILES string of the molecule is O=C(OC1CCCCC1)c1cccc(OCC2CCCO2)c1. The second-order valence-electron chi connectivity index (χ2n) is 6.14. The van der Waals surface area contributed by atoms with Crippen LogP contribution in [-0.4, -0.2) is 31.4 Å². The van der Waals surface area contributed by atoms with E-state index in [4.69, 9.17) is 14.2 Å². The first-order chi connectivity index (χ1) is 10.8. The zero-order valence-electron chi connectivity index (χ0n) is 13.0. The van der Waals surface area contributed by atoms with Crippen molar-refractivity contribution in [3.8, 4) is 5.75 Å². The Morgan fingerprint density at radius 2 is 2.00 bits per heavy atom. The highest BCUT2D eigenvalue weighted by Crippen LogP contribution is 2.23. The van der Waals surface area contributed by atoms with E-state index < -0.39 is 0 Å². The van der Waals surface area contributed by atoms with E-state index in [1.807, 2.05) is 12.1 Å². The van der Waals surface area contributed by atoms with Crippen LogP contribution in [0.1, 0.15) is 55.3 Å². The molecule has 1 aliphatic carbocycles. The molecule has 22 heavy (non-hydrogen) atoms. The van der Waals surface area contributed by atoms with Crippen LogP contribution in [0.5, 0.6) is 5.75 Å². The predicted molar refractivity (Wildman–Crippen MR) is 83.2 cm³/mol. The van der Waals surface area contributed by atoms with Gasteiger partial charge in [-0.05, 0) is 56.7 Å². The highest BCUT2D eigenvalue weighted by molar-refractivity contribution is 5.89. The Labute approximate surface area is 131 Å². The molecule has 1 unspecified atom stereocenters. The Bertz CT molecular complexity index is 488. The normalized spacial score (nSPS) is 22.5. The maximum absolute atomic E-state index is 12.2. The van der Waals surface area contributed by atoms with Gasteiger partial charge in [0.15, 0.2) is 0 Å².